The van der Waals surface area contributed by atoms with Gasteiger partial charge in [0.2, 0.25) is 0 Å². The predicted octanol–water partition coefficient (Wildman–Crippen LogP) is 3.68. The van der Waals surface area contributed by atoms with Crippen molar-refractivity contribution in [1.29, 1.82) is 0 Å². The van der Waals surface area contributed by atoms with Gasteiger partial charge in [-0.15, -0.1) is 0 Å². The van der Waals surface area contributed by atoms with E-state index in [4.69, 9.17) is 10.5 Å². The van der Waals surface area contributed by atoms with E-state index in [0.717, 1.165) is 17.1 Å². The van der Waals surface area contributed by atoms with E-state index in [-0.39, 0.29) is 0 Å². The monoisotopic (exact) mass is 213 g/mol. The summed E-state index contributed by atoms with van der Waals surface area (Å²) in [7, 11) is 0. The zero-order valence-electron chi connectivity index (χ0n) is 9.53. The Balaban J connectivity index is 2.30. The third-order valence-electron chi connectivity index (χ3n) is 2.48. The molecule has 82 valence electrons. The molecule has 0 amide bonds. The Bertz CT molecular complexity index is 468. The number of rotatable bonds is 2. The molecule has 0 fully saturated rings. The molecule has 0 bridgehead atoms. The molecule has 0 heterocycles. The minimum atomic E-state index is 0.667. The maximum atomic E-state index is 5.87. The third-order valence-corrected chi connectivity index (χ3v) is 2.48. The summed E-state index contributed by atoms with van der Waals surface area (Å²) in [6.45, 7) is 4.03. The topological polar surface area (TPSA) is 35.2 Å². The molecule has 0 aliphatic rings. The first-order valence-corrected chi connectivity index (χ1v) is 5.26. The van der Waals surface area contributed by atoms with Gasteiger partial charge in [-0.05, 0) is 37.6 Å². The molecular formula is C14H15NO. The maximum Gasteiger partial charge on any atom is 0.153 e. The molecule has 16 heavy (non-hydrogen) atoms. The molecule has 2 rings (SSSR count). The van der Waals surface area contributed by atoms with Crippen LogP contribution in [0, 0.1) is 13.8 Å². The Morgan fingerprint density at radius 2 is 1.62 bits per heavy atom. The number of anilines is 1. The van der Waals surface area contributed by atoms with Crippen molar-refractivity contribution >= 4 is 5.69 Å². The molecule has 0 spiro atoms. The molecule has 0 radical (unpaired) electrons. The molecule has 0 saturated heterocycles. The number of nitrogen functional groups attached to an aromatic ring is 1. The van der Waals surface area contributed by atoms with Gasteiger partial charge in [0.15, 0.2) is 5.75 Å². The molecule has 0 unspecified atom stereocenters. The van der Waals surface area contributed by atoms with Crippen LogP contribution in [-0.4, -0.2) is 0 Å². The summed E-state index contributed by atoms with van der Waals surface area (Å²) in [6.07, 6.45) is 0. The molecule has 0 saturated carbocycles. The number of hydrogen-bond acceptors (Lipinski definition) is 2. The summed E-state index contributed by atoms with van der Waals surface area (Å²) in [5.41, 5.74) is 8.80. The molecule has 0 aromatic heterocycles. The highest BCUT2D eigenvalue weighted by Gasteiger charge is 2.04. The van der Waals surface area contributed by atoms with E-state index in [2.05, 4.69) is 0 Å². The summed E-state index contributed by atoms with van der Waals surface area (Å²) in [5.74, 6) is 1.55. The number of aryl methyl sites for hydroxylation is 2. The van der Waals surface area contributed by atoms with Crippen molar-refractivity contribution in [3.8, 4) is 11.5 Å². The van der Waals surface area contributed by atoms with Gasteiger partial charge in [0.25, 0.3) is 0 Å². The van der Waals surface area contributed by atoms with E-state index in [1.54, 1.807) is 0 Å². The van der Waals surface area contributed by atoms with Gasteiger partial charge < -0.3 is 10.5 Å². The second-order valence-corrected chi connectivity index (χ2v) is 3.91. The molecule has 2 heteroatoms. The average Bonchev–Trinajstić information content (AvgIpc) is 2.26. The number of hydrogen-bond donors (Lipinski definition) is 1. The summed E-state index contributed by atoms with van der Waals surface area (Å²) in [5, 5.41) is 0. The SMILES string of the molecule is Cc1ccc(Oc2c(C)cccc2N)cc1. The van der Waals surface area contributed by atoms with E-state index in [9.17, 15) is 0 Å². The van der Waals surface area contributed by atoms with Gasteiger partial charge in [-0.1, -0.05) is 29.8 Å². The fourth-order valence-corrected chi connectivity index (χ4v) is 1.54. The molecule has 2 aromatic carbocycles. The van der Waals surface area contributed by atoms with Crippen molar-refractivity contribution < 1.29 is 4.74 Å². The van der Waals surface area contributed by atoms with E-state index in [0.29, 0.717) is 5.69 Å². The summed E-state index contributed by atoms with van der Waals surface area (Å²) < 4.78 is 5.77. The molecule has 0 aliphatic carbocycles. The Morgan fingerprint density at radius 1 is 0.938 bits per heavy atom. The summed E-state index contributed by atoms with van der Waals surface area (Å²) in [6, 6.07) is 13.7. The minimum Gasteiger partial charge on any atom is -0.455 e. The van der Waals surface area contributed by atoms with Crippen LogP contribution in [0.4, 0.5) is 5.69 Å². The first-order chi connectivity index (χ1) is 7.66. The van der Waals surface area contributed by atoms with E-state index in [1.807, 2.05) is 56.3 Å². The second kappa shape index (κ2) is 4.27. The number of benzene rings is 2. The zero-order valence-corrected chi connectivity index (χ0v) is 9.53. The minimum absolute atomic E-state index is 0.667. The predicted molar refractivity (Wildman–Crippen MR) is 66.8 cm³/mol. The highest BCUT2D eigenvalue weighted by molar-refractivity contribution is 5.57. The molecule has 2 nitrogen and oxygen atoms in total. The highest BCUT2D eigenvalue weighted by Crippen LogP contribution is 2.30. The van der Waals surface area contributed by atoms with Crippen molar-refractivity contribution in [3.63, 3.8) is 0 Å². The van der Waals surface area contributed by atoms with Crippen molar-refractivity contribution in [2.24, 2.45) is 0 Å². The van der Waals surface area contributed by atoms with Crippen LogP contribution in [0.15, 0.2) is 42.5 Å². The lowest BCUT2D eigenvalue weighted by atomic mass is 10.2. The van der Waals surface area contributed by atoms with Crippen LogP contribution in [0.25, 0.3) is 0 Å². The largest absolute Gasteiger partial charge is 0.455 e. The van der Waals surface area contributed by atoms with E-state index in [1.165, 1.54) is 5.56 Å². The molecule has 0 atom stereocenters. The smallest absolute Gasteiger partial charge is 0.153 e. The molecule has 0 aliphatic heterocycles. The van der Waals surface area contributed by atoms with Gasteiger partial charge in [0, 0.05) is 0 Å². The third kappa shape index (κ3) is 2.16. The molecule has 2 aromatic rings. The van der Waals surface area contributed by atoms with Crippen molar-refractivity contribution in [2.45, 2.75) is 13.8 Å². The Labute approximate surface area is 95.7 Å². The van der Waals surface area contributed by atoms with Gasteiger partial charge in [-0.3, -0.25) is 0 Å². The van der Waals surface area contributed by atoms with Crippen LogP contribution in [-0.2, 0) is 0 Å². The lowest BCUT2D eigenvalue weighted by Gasteiger charge is -2.11. The van der Waals surface area contributed by atoms with Crippen molar-refractivity contribution in [3.05, 3.63) is 53.6 Å². The number of para-hydroxylation sites is 1. The molecular weight excluding hydrogens is 198 g/mol. The maximum absolute atomic E-state index is 5.87. The molecule has 2 N–H and O–H groups in total. The standard InChI is InChI=1S/C14H15NO/c1-10-6-8-12(9-7-10)16-14-11(2)4-3-5-13(14)15/h3-9H,15H2,1-2H3. The zero-order chi connectivity index (χ0) is 11.5. The van der Waals surface area contributed by atoms with Crippen molar-refractivity contribution in [2.75, 3.05) is 5.73 Å². The first kappa shape index (κ1) is 10.6. The normalized spacial score (nSPS) is 10.1. The Kier molecular flexibility index (Phi) is 2.82. The van der Waals surface area contributed by atoms with E-state index >= 15 is 0 Å². The average molecular weight is 213 g/mol. The quantitative estimate of drug-likeness (QED) is 0.772. The Morgan fingerprint density at radius 3 is 2.25 bits per heavy atom. The summed E-state index contributed by atoms with van der Waals surface area (Å²) >= 11 is 0. The van der Waals surface area contributed by atoms with Gasteiger partial charge in [-0.25, -0.2) is 0 Å². The fourth-order valence-electron chi connectivity index (χ4n) is 1.54. The highest BCUT2D eigenvalue weighted by atomic mass is 16.5. The Hall–Kier alpha value is -1.96. The van der Waals surface area contributed by atoms with Gasteiger partial charge in [-0.2, -0.15) is 0 Å². The van der Waals surface area contributed by atoms with Crippen LogP contribution in [0.5, 0.6) is 11.5 Å². The van der Waals surface area contributed by atoms with Crippen LogP contribution in [0.1, 0.15) is 11.1 Å². The van der Waals surface area contributed by atoms with Crippen LogP contribution in [0.2, 0.25) is 0 Å². The van der Waals surface area contributed by atoms with Gasteiger partial charge in [0.05, 0.1) is 5.69 Å². The summed E-state index contributed by atoms with van der Waals surface area (Å²) in [4.78, 5) is 0. The lowest BCUT2D eigenvalue weighted by Crippen LogP contribution is -1.94. The van der Waals surface area contributed by atoms with Crippen LogP contribution >= 0.6 is 0 Å². The van der Waals surface area contributed by atoms with Crippen LogP contribution < -0.4 is 10.5 Å². The van der Waals surface area contributed by atoms with E-state index < -0.39 is 0 Å². The van der Waals surface area contributed by atoms with Gasteiger partial charge >= 0.3 is 0 Å². The first-order valence-electron chi connectivity index (χ1n) is 5.26. The lowest BCUT2D eigenvalue weighted by molar-refractivity contribution is 0.481. The van der Waals surface area contributed by atoms with Crippen molar-refractivity contribution in [1.82, 2.24) is 0 Å². The number of nitrogens with two attached hydrogens (primary N) is 1. The number of ether oxygens (including phenoxy) is 1. The van der Waals surface area contributed by atoms with Gasteiger partial charge in [0.1, 0.15) is 5.75 Å². The second-order valence-electron chi connectivity index (χ2n) is 3.91. The van der Waals surface area contributed by atoms with Crippen LogP contribution in [0.3, 0.4) is 0 Å². The fraction of sp³-hybridized carbons (Fsp3) is 0.143.